The Labute approximate surface area is 322 Å². The number of nitrogens with zero attached hydrogens (tertiary/aromatic N) is 2. The summed E-state index contributed by atoms with van der Waals surface area (Å²) in [7, 11) is 0. The molecule has 1 aromatic heterocycles. The highest BCUT2D eigenvalue weighted by molar-refractivity contribution is 6.05. The molecule has 8 aromatic carbocycles. The molecule has 2 heteroatoms. The summed E-state index contributed by atoms with van der Waals surface area (Å²) in [5.41, 5.74) is 17.6. The Bertz CT molecular complexity index is 2780. The minimum absolute atomic E-state index is 0.154. The molecule has 0 spiro atoms. The van der Waals surface area contributed by atoms with Gasteiger partial charge in [0, 0.05) is 22.1 Å². The fraction of sp³-hybridized carbons (Fsp3) is 0.0566. The average molecular weight is 703 g/mol. The zero-order chi connectivity index (χ0) is 36.9. The van der Waals surface area contributed by atoms with Gasteiger partial charge in [0.2, 0.25) is 0 Å². The minimum Gasteiger partial charge on any atom is -0.228 e. The molecule has 10 rings (SSSR count). The molecule has 1 heterocycles. The van der Waals surface area contributed by atoms with Crippen molar-refractivity contribution in [3.8, 4) is 78.4 Å². The lowest BCUT2D eigenvalue weighted by atomic mass is 9.79. The molecule has 9 aromatic rings. The summed E-state index contributed by atoms with van der Waals surface area (Å²) in [5.74, 6) is 0.715. The number of rotatable bonds is 6. The highest BCUT2D eigenvalue weighted by Gasteiger charge is 2.39. The van der Waals surface area contributed by atoms with Crippen LogP contribution in [-0.2, 0) is 5.41 Å². The monoisotopic (exact) mass is 702 g/mol. The van der Waals surface area contributed by atoms with Gasteiger partial charge in [-0.05, 0) is 84.6 Å². The van der Waals surface area contributed by atoms with Gasteiger partial charge in [0.05, 0.1) is 11.4 Å². The van der Waals surface area contributed by atoms with Crippen molar-refractivity contribution in [2.75, 3.05) is 0 Å². The molecule has 0 bridgehead atoms. The smallest absolute Gasteiger partial charge is 0.160 e. The van der Waals surface area contributed by atoms with E-state index in [0.29, 0.717) is 5.82 Å². The molecular formula is C53H38N2. The van der Waals surface area contributed by atoms with Crippen LogP contribution in [0, 0.1) is 0 Å². The summed E-state index contributed by atoms with van der Waals surface area (Å²) < 4.78 is 0. The van der Waals surface area contributed by atoms with E-state index in [-0.39, 0.29) is 5.41 Å². The van der Waals surface area contributed by atoms with Crippen LogP contribution in [0.3, 0.4) is 0 Å². The molecule has 0 aliphatic heterocycles. The van der Waals surface area contributed by atoms with E-state index in [2.05, 4.69) is 172 Å². The maximum absolute atomic E-state index is 5.02. The van der Waals surface area contributed by atoms with Crippen molar-refractivity contribution >= 4 is 10.8 Å². The van der Waals surface area contributed by atoms with Crippen LogP contribution in [0.1, 0.15) is 25.0 Å². The largest absolute Gasteiger partial charge is 0.228 e. The van der Waals surface area contributed by atoms with Crippen LogP contribution in [0.15, 0.2) is 194 Å². The number of hydrogen-bond acceptors (Lipinski definition) is 2. The number of fused-ring (bicyclic) bond motifs is 5. The quantitative estimate of drug-likeness (QED) is 0.172. The average Bonchev–Trinajstić information content (AvgIpc) is 3.50. The fourth-order valence-electron chi connectivity index (χ4n) is 8.47. The molecule has 0 saturated heterocycles. The summed E-state index contributed by atoms with van der Waals surface area (Å²) in [6.45, 7) is 4.78. The second-order valence-corrected chi connectivity index (χ2v) is 15.0. The zero-order valence-electron chi connectivity index (χ0n) is 30.9. The van der Waals surface area contributed by atoms with Gasteiger partial charge in [-0.3, -0.25) is 0 Å². The van der Waals surface area contributed by atoms with E-state index < -0.39 is 0 Å². The molecule has 1 aliphatic rings. The molecule has 2 nitrogen and oxygen atoms in total. The number of benzene rings is 8. The topological polar surface area (TPSA) is 25.8 Å². The Kier molecular flexibility index (Phi) is 7.85. The Morgan fingerprint density at radius 3 is 1.42 bits per heavy atom. The van der Waals surface area contributed by atoms with Crippen LogP contribution in [0.4, 0.5) is 0 Å². The van der Waals surface area contributed by atoms with Gasteiger partial charge in [-0.1, -0.05) is 190 Å². The first-order valence-corrected chi connectivity index (χ1v) is 19.0. The summed E-state index contributed by atoms with van der Waals surface area (Å²) in [6, 6.07) is 69.5. The van der Waals surface area contributed by atoms with Gasteiger partial charge >= 0.3 is 0 Å². The third-order valence-electron chi connectivity index (χ3n) is 11.3. The van der Waals surface area contributed by atoms with Gasteiger partial charge in [-0.2, -0.15) is 0 Å². The standard InChI is InChI=1S/C53H38N2/c1-53(2)47-33-42(30-31-45(47)50-46(38-14-6-3-7-15-38)32-43-20-12-13-21-44(43)51(50)53)37-24-22-35(23-25-37)36-26-28-41(29-27-36)52-54-48(39-16-8-4-9-17-39)34-49(55-52)40-18-10-5-11-19-40/h3-34H,1-2H3. The normalized spacial score (nSPS) is 12.7. The van der Waals surface area contributed by atoms with Crippen molar-refractivity contribution in [2.45, 2.75) is 19.3 Å². The first-order chi connectivity index (χ1) is 27.0. The SMILES string of the molecule is CC1(C)c2cc(-c3ccc(-c4ccc(-c5nc(-c6ccccc6)cc(-c6ccccc6)n5)cc4)cc3)ccc2-c2c(-c3ccccc3)cc3ccccc3c21. The summed E-state index contributed by atoms with van der Waals surface area (Å²) >= 11 is 0. The van der Waals surface area contributed by atoms with Gasteiger partial charge in [0.15, 0.2) is 5.82 Å². The van der Waals surface area contributed by atoms with Crippen LogP contribution in [0.25, 0.3) is 89.2 Å². The molecule has 0 atom stereocenters. The first-order valence-electron chi connectivity index (χ1n) is 19.0. The molecule has 0 saturated carbocycles. The maximum Gasteiger partial charge on any atom is 0.160 e. The van der Waals surface area contributed by atoms with Crippen LogP contribution >= 0.6 is 0 Å². The van der Waals surface area contributed by atoms with E-state index in [9.17, 15) is 0 Å². The Hall–Kier alpha value is -6.90. The van der Waals surface area contributed by atoms with E-state index >= 15 is 0 Å². The van der Waals surface area contributed by atoms with Crippen LogP contribution < -0.4 is 0 Å². The second-order valence-electron chi connectivity index (χ2n) is 15.0. The minimum atomic E-state index is -0.154. The Balaban J connectivity index is 0.974. The van der Waals surface area contributed by atoms with Crippen LogP contribution in [0.2, 0.25) is 0 Å². The van der Waals surface area contributed by atoms with Gasteiger partial charge in [0.1, 0.15) is 0 Å². The molecule has 1 aliphatic carbocycles. The molecule has 0 radical (unpaired) electrons. The predicted octanol–water partition coefficient (Wildman–Crippen LogP) is 13.9. The number of hydrogen-bond donors (Lipinski definition) is 0. The number of aromatic nitrogens is 2. The van der Waals surface area contributed by atoms with Gasteiger partial charge in [0.25, 0.3) is 0 Å². The second kappa shape index (κ2) is 13.2. The lowest BCUT2D eigenvalue weighted by Crippen LogP contribution is -2.15. The lowest BCUT2D eigenvalue weighted by molar-refractivity contribution is 0.666. The van der Waals surface area contributed by atoms with E-state index in [1.807, 2.05) is 36.4 Å². The molecule has 55 heavy (non-hydrogen) atoms. The molecular weight excluding hydrogens is 665 g/mol. The lowest BCUT2D eigenvalue weighted by Gasteiger charge is -2.24. The highest BCUT2D eigenvalue weighted by atomic mass is 14.9. The van der Waals surface area contributed by atoms with Gasteiger partial charge in [-0.15, -0.1) is 0 Å². The van der Waals surface area contributed by atoms with Crippen molar-refractivity contribution in [2.24, 2.45) is 0 Å². The summed E-state index contributed by atoms with van der Waals surface area (Å²) in [6.07, 6.45) is 0. The highest BCUT2D eigenvalue weighted by Crippen LogP contribution is 2.55. The fourth-order valence-corrected chi connectivity index (χ4v) is 8.47. The third kappa shape index (κ3) is 5.75. The van der Waals surface area contributed by atoms with Crippen molar-refractivity contribution in [3.63, 3.8) is 0 Å². The summed E-state index contributed by atoms with van der Waals surface area (Å²) in [4.78, 5) is 10.0. The third-order valence-corrected chi connectivity index (χ3v) is 11.3. The van der Waals surface area contributed by atoms with Crippen molar-refractivity contribution in [3.05, 3.63) is 205 Å². The first kappa shape index (κ1) is 32.7. The van der Waals surface area contributed by atoms with E-state index in [0.717, 1.165) is 33.6 Å². The van der Waals surface area contributed by atoms with Crippen molar-refractivity contribution in [1.82, 2.24) is 9.97 Å². The van der Waals surface area contributed by atoms with Gasteiger partial charge in [-0.25, -0.2) is 9.97 Å². The van der Waals surface area contributed by atoms with Crippen LogP contribution in [-0.4, -0.2) is 9.97 Å². The summed E-state index contributed by atoms with van der Waals surface area (Å²) in [5, 5.41) is 2.62. The van der Waals surface area contributed by atoms with E-state index in [1.165, 1.54) is 60.8 Å². The maximum atomic E-state index is 5.02. The van der Waals surface area contributed by atoms with Crippen LogP contribution in [0.5, 0.6) is 0 Å². The Morgan fingerprint density at radius 2 is 0.836 bits per heavy atom. The molecule has 0 unspecified atom stereocenters. The molecule has 260 valence electrons. The molecule has 0 N–H and O–H groups in total. The van der Waals surface area contributed by atoms with Gasteiger partial charge < -0.3 is 0 Å². The molecule has 0 amide bonds. The Morgan fingerprint density at radius 1 is 0.364 bits per heavy atom. The zero-order valence-corrected chi connectivity index (χ0v) is 30.9. The predicted molar refractivity (Wildman–Crippen MR) is 230 cm³/mol. The van der Waals surface area contributed by atoms with Crippen molar-refractivity contribution < 1.29 is 0 Å². The molecule has 0 fully saturated rings. The van der Waals surface area contributed by atoms with E-state index in [4.69, 9.17) is 9.97 Å². The van der Waals surface area contributed by atoms with E-state index in [1.54, 1.807) is 0 Å². The van der Waals surface area contributed by atoms with Crippen molar-refractivity contribution in [1.29, 1.82) is 0 Å².